The Morgan fingerprint density at radius 3 is 3.00 bits per heavy atom. The molecule has 0 radical (unpaired) electrons. The van der Waals surface area contributed by atoms with Crippen LogP contribution in [-0.4, -0.2) is 43.7 Å². The highest BCUT2D eigenvalue weighted by molar-refractivity contribution is 14.0. The molecule has 1 saturated heterocycles. The van der Waals surface area contributed by atoms with E-state index in [0.29, 0.717) is 11.1 Å². The molecule has 0 aromatic carbocycles. The van der Waals surface area contributed by atoms with Crippen LogP contribution in [0.2, 0.25) is 5.02 Å². The quantitative estimate of drug-likeness (QED) is 0.302. The first-order chi connectivity index (χ1) is 10.7. The Bertz CT molecular complexity index is 497. The van der Waals surface area contributed by atoms with Crippen LogP contribution in [0.15, 0.2) is 23.3 Å². The molecule has 130 valence electrons. The zero-order valence-electron chi connectivity index (χ0n) is 13.9. The van der Waals surface area contributed by atoms with Crippen LogP contribution in [0.4, 0.5) is 5.82 Å². The fourth-order valence-corrected chi connectivity index (χ4v) is 2.89. The standard InChI is InChI=1S/C16H26ClN5.HI/c1-3-4-5-9-20-16(18-2)21-13-8-11-22(12-13)15-14(17)7-6-10-19-15;/h6-7,10,13H,3-5,8-9,11-12H2,1-2H3,(H2,18,20,21);1H. The zero-order valence-corrected chi connectivity index (χ0v) is 17.0. The van der Waals surface area contributed by atoms with E-state index in [4.69, 9.17) is 11.6 Å². The number of hydrogen-bond donors (Lipinski definition) is 2. The number of guanidine groups is 1. The third kappa shape index (κ3) is 6.33. The van der Waals surface area contributed by atoms with Gasteiger partial charge in [0.1, 0.15) is 5.82 Å². The van der Waals surface area contributed by atoms with Gasteiger partial charge in [-0.1, -0.05) is 31.4 Å². The molecule has 23 heavy (non-hydrogen) atoms. The van der Waals surface area contributed by atoms with Crippen molar-refractivity contribution in [3.05, 3.63) is 23.4 Å². The Kier molecular flexibility index (Phi) is 9.62. The number of aromatic nitrogens is 1. The number of halogens is 2. The molecule has 1 atom stereocenters. The molecule has 0 bridgehead atoms. The number of rotatable bonds is 6. The predicted octanol–water partition coefficient (Wildman–Crippen LogP) is 3.29. The Balaban J connectivity index is 0.00000264. The van der Waals surface area contributed by atoms with Crippen LogP contribution in [0.1, 0.15) is 32.6 Å². The minimum Gasteiger partial charge on any atom is -0.356 e. The van der Waals surface area contributed by atoms with Gasteiger partial charge < -0.3 is 15.5 Å². The molecule has 0 aliphatic carbocycles. The molecule has 1 aliphatic heterocycles. The highest BCUT2D eigenvalue weighted by atomic mass is 127. The first kappa shape index (κ1) is 20.3. The number of hydrogen-bond acceptors (Lipinski definition) is 3. The summed E-state index contributed by atoms with van der Waals surface area (Å²) in [6.45, 7) is 5.03. The van der Waals surface area contributed by atoms with Crippen molar-refractivity contribution in [1.82, 2.24) is 15.6 Å². The van der Waals surface area contributed by atoms with E-state index in [2.05, 4.69) is 32.4 Å². The summed E-state index contributed by atoms with van der Waals surface area (Å²) in [6, 6.07) is 4.12. The summed E-state index contributed by atoms with van der Waals surface area (Å²) < 4.78 is 0. The van der Waals surface area contributed by atoms with Gasteiger partial charge in [0.05, 0.1) is 5.02 Å². The van der Waals surface area contributed by atoms with Crippen molar-refractivity contribution in [1.29, 1.82) is 0 Å². The first-order valence-corrected chi connectivity index (χ1v) is 8.45. The molecular weight excluding hydrogens is 425 g/mol. The largest absolute Gasteiger partial charge is 0.356 e. The summed E-state index contributed by atoms with van der Waals surface area (Å²) in [6.07, 6.45) is 6.51. The molecule has 2 heterocycles. The monoisotopic (exact) mass is 451 g/mol. The molecule has 2 rings (SSSR count). The summed E-state index contributed by atoms with van der Waals surface area (Å²) >= 11 is 6.22. The van der Waals surface area contributed by atoms with Gasteiger partial charge in [-0.05, 0) is 25.0 Å². The van der Waals surface area contributed by atoms with Gasteiger partial charge in [0.2, 0.25) is 0 Å². The Hall–Kier alpha value is -0.760. The fraction of sp³-hybridized carbons (Fsp3) is 0.625. The van der Waals surface area contributed by atoms with E-state index in [1.165, 1.54) is 19.3 Å². The van der Waals surface area contributed by atoms with Gasteiger partial charge in [0, 0.05) is 38.9 Å². The van der Waals surface area contributed by atoms with Crippen molar-refractivity contribution in [2.75, 3.05) is 31.6 Å². The maximum Gasteiger partial charge on any atom is 0.191 e. The summed E-state index contributed by atoms with van der Waals surface area (Å²) in [7, 11) is 1.82. The van der Waals surface area contributed by atoms with Crippen molar-refractivity contribution in [3.63, 3.8) is 0 Å². The van der Waals surface area contributed by atoms with E-state index < -0.39 is 0 Å². The molecule has 1 fully saturated rings. The summed E-state index contributed by atoms with van der Waals surface area (Å²) in [5, 5.41) is 7.58. The second-order valence-corrected chi connectivity index (χ2v) is 6.00. The topological polar surface area (TPSA) is 52.6 Å². The van der Waals surface area contributed by atoms with Crippen molar-refractivity contribution in [3.8, 4) is 0 Å². The lowest BCUT2D eigenvalue weighted by Gasteiger charge is -2.20. The second-order valence-electron chi connectivity index (χ2n) is 5.59. The lowest BCUT2D eigenvalue weighted by atomic mass is 10.2. The summed E-state index contributed by atoms with van der Waals surface area (Å²) in [5.74, 6) is 1.76. The highest BCUT2D eigenvalue weighted by Gasteiger charge is 2.25. The van der Waals surface area contributed by atoms with Crippen molar-refractivity contribution < 1.29 is 0 Å². The van der Waals surface area contributed by atoms with Crippen molar-refractivity contribution in [2.45, 2.75) is 38.6 Å². The summed E-state index contributed by atoms with van der Waals surface area (Å²) in [4.78, 5) is 10.9. The Labute approximate surface area is 161 Å². The minimum atomic E-state index is 0. The average molecular weight is 452 g/mol. The molecular formula is C16H27ClIN5. The van der Waals surface area contributed by atoms with Gasteiger partial charge in [0.25, 0.3) is 0 Å². The van der Waals surface area contributed by atoms with Crippen LogP contribution >= 0.6 is 35.6 Å². The van der Waals surface area contributed by atoms with Gasteiger partial charge >= 0.3 is 0 Å². The van der Waals surface area contributed by atoms with Gasteiger partial charge in [-0.25, -0.2) is 4.98 Å². The molecule has 1 aromatic rings. The maximum absolute atomic E-state index is 6.22. The molecule has 0 saturated carbocycles. The van der Waals surface area contributed by atoms with Crippen LogP contribution in [-0.2, 0) is 0 Å². The van der Waals surface area contributed by atoms with Gasteiger partial charge in [-0.2, -0.15) is 0 Å². The van der Waals surface area contributed by atoms with Crippen LogP contribution in [0.25, 0.3) is 0 Å². The number of nitrogens with one attached hydrogen (secondary N) is 2. The van der Waals surface area contributed by atoms with E-state index in [0.717, 1.165) is 37.8 Å². The van der Waals surface area contributed by atoms with E-state index in [9.17, 15) is 0 Å². The maximum atomic E-state index is 6.22. The third-order valence-electron chi connectivity index (χ3n) is 3.86. The first-order valence-electron chi connectivity index (χ1n) is 8.07. The lowest BCUT2D eigenvalue weighted by molar-refractivity contribution is 0.633. The van der Waals surface area contributed by atoms with Gasteiger partial charge in [-0.3, -0.25) is 4.99 Å². The normalized spacial score (nSPS) is 17.8. The number of anilines is 1. The Morgan fingerprint density at radius 2 is 2.30 bits per heavy atom. The Morgan fingerprint density at radius 1 is 1.48 bits per heavy atom. The molecule has 1 unspecified atom stereocenters. The molecule has 0 amide bonds. The number of pyridine rings is 1. The summed E-state index contributed by atoms with van der Waals surface area (Å²) in [5.41, 5.74) is 0. The highest BCUT2D eigenvalue weighted by Crippen LogP contribution is 2.25. The smallest absolute Gasteiger partial charge is 0.191 e. The van der Waals surface area contributed by atoms with Crippen LogP contribution in [0.5, 0.6) is 0 Å². The molecule has 5 nitrogen and oxygen atoms in total. The minimum absolute atomic E-state index is 0. The van der Waals surface area contributed by atoms with E-state index in [1.807, 2.05) is 19.2 Å². The molecule has 0 spiro atoms. The van der Waals surface area contributed by atoms with Crippen molar-refractivity contribution >= 4 is 47.4 Å². The molecule has 1 aliphatic rings. The predicted molar refractivity (Wildman–Crippen MR) is 109 cm³/mol. The van der Waals surface area contributed by atoms with Crippen molar-refractivity contribution in [2.24, 2.45) is 4.99 Å². The lowest BCUT2D eigenvalue weighted by Crippen LogP contribution is -2.44. The average Bonchev–Trinajstić information content (AvgIpc) is 2.99. The van der Waals surface area contributed by atoms with E-state index >= 15 is 0 Å². The third-order valence-corrected chi connectivity index (χ3v) is 4.16. The van der Waals surface area contributed by atoms with Gasteiger partial charge in [-0.15, -0.1) is 24.0 Å². The van der Waals surface area contributed by atoms with Crippen LogP contribution < -0.4 is 15.5 Å². The number of nitrogens with zero attached hydrogens (tertiary/aromatic N) is 3. The number of aliphatic imine (C=N–C) groups is 1. The van der Waals surface area contributed by atoms with Crippen LogP contribution in [0, 0.1) is 0 Å². The molecule has 1 aromatic heterocycles. The SMILES string of the molecule is CCCCCNC(=NC)NC1CCN(c2ncccc2Cl)C1.I. The number of unbranched alkanes of at least 4 members (excludes halogenated alkanes) is 2. The second kappa shape index (κ2) is 10.9. The van der Waals surface area contributed by atoms with Gasteiger partial charge in [0.15, 0.2) is 5.96 Å². The van der Waals surface area contributed by atoms with Crippen LogP contribution in [0.3, 0.4) is 0 Å². The molecule has 2 N–H and O–H groups in total. The zero-order chi connectivity index (χ0) is 15.8. The van der Waals surface area contributed by atoms with E-state index in [1.54, 1.807) is 6.20 Å². The van der Waals surface area contributed by atoms with E-state index in [-0.39, 0.29) is 24.0 Å². The molecule has 7 heteroatoms. The fourth-order valence-electron chi connectivity index (χ4n) is 2.65.